The number of piperazine rings is 1. The molecule has 0 bridgehead atoms. The molecule has 3 aromatic heterocycles. The van der Waals surface area contributed by atoms with Gasteiger partial charge in [0, 0.05) is 50.0 Å². The number of amides is 1. The smallest absolute Gasteiger partial charge is 0.319 e. The molecular formula is C28H31FN8O3. The lowest BCUT2D eigenvalue weighted by Crippen LogP contribution is -2.48. The van der Waals surface area contributed by atoms with Crippen molar-refractivity contribution in [3.8, 4) is 17.6 Å². The van der Waals surface area contributed by atoms with E-state index >= 15 is 0 Å². The average molecular weight is 547 g/mol. The van der Waals surface area contributed by atoms with Crippen LogP contribution < -0.4 is 14.4 Å². The summed E-state index contributed by atoms with van der Waals surface area (Å²) in [5, 5.41) is 8.20. The lowest BCUT2D eigenvalue weighted by atomic mass is 10.1. The van der Waals surface area contributed by atoms with E-state index in [1.807, 2.05) is 6.07 Å². The number of carbonyl (C=O) groups excluding carboxylic acids is 1. The van der Waals surface area contributed by atoms with Crippen molar-refractivity contribution in [2.75, 3.05) is 51.3 Å². The SMILES string of the molecule is C=CC(=O)N1CCN(c2nc(OC[C@@H]3CCCN3C)nc3c(Oc4c(C)c(F)cc5[nH]ncc45)nccc23)CC1. The Bertz CT molecular complexity index is 1580. The van der Waals surface area contributed by atoms with E-state index in [-0.39, 0.29) is 23.8 Å². The van der Waals surface area contributed by atoms with Crippen molar-refractivity contribution in [1.29, 1.82) is 0 Å². The zero-order valence-electron chi connectivity index (χ0n) is 22.6. The van der Waals surface area contributed by atoms with Crippen LogP contribution >= 0.6 is 0 Å². The third kappa shape index (κ3) is 4.79. The van der Waals surface area contributed by atoms with Gasteiger partial charge < -0.3 is 24.2 Å². The van der Waals surface area contributed by atoms with Gasteiger partial charge in [0.15, 0.2) is 0 Å². The van der Waals surface area contributed by atoms with Crippen LogP contribution in [0.15, 0.2) is 37.2 Å². The maximum atomic E-state index is 14.7. The highest BCUT2D eigenvalue weighted by atomic mass is 19.1. The second-order valence-electron chi connectivity index (χ2n) is 10.2. The fraction of sp³-hybridized carbons (Fsp3) is 0.393. The second-order valence-corrected chi connectivity index (χ2v) is 10.2. The Kier molecular flexibility index (Phi) is 6.93. The molecule has 1 N–H and O–H groups in total. The summed E-state index contributed by atoms with van der Waals surface area (Å²) in [6, 6.07) is 3.73. The van der Waals surface area contributed by atoms with E-state index in [4.69, 9.17) is 19.4 Å². The van der Waals surface area contributed by atoms with E-state index < -0.39 is 5.82 Å². The number of hydrogen-bond acceptors (Lipinski definition) is 9. The quantitative estimate of drug-likeness (QED) is 0.348. The van der Waals surface area contributed by atoms with Gasteiger partial charge in [-0.1, -0.05) is 6.58 Å². The van der Waals surface area contributed by atoms with Crippen LogP contribution in [0.4, 0.5) is 10.2 Å². The van der Waals surface area contributed by atoms with Crippen LogP contribution in [-0.4, -0.2) is 93.3 Å². The summed E-state index contributed by atoms with van der Waals surface area (Å²) in [6.07, 6.45) is 6.73. The first kappa shape index (κ1) is 25.9. The van der Waals surface area contributed by atoms with E-state index in [1.165, 1.54) is 12.1 Å². The number of ether oxygens (including phenoxy) is 2. The number of hydrogen-bond donors (Lipinski definition) is 1. The molecule has 1 aromatic carbocycles. The predicted octanol–water partition coefficient (Wildman–Crippen LogP) is 3.45. The molecule has 12 heteroatoms. The van der Waals surface area contributed by atoms with Crippen LogP contribution in [0.25, 0.3) is 21.8 Å². The summed E-state index contributed by atoms with van der Waals surface area (Å²) in [6.45, 7) is 8.97. The van der Waals surface area contributed by atoms with Crippen molar-refractivity contribution in [1.82, 2.24) is 34.9 Å². The molecule has 2 aliphatic heterocycles. The summed E-state index contributed by atoms with van der Waals surface area (Å²) < 4.78 is 27.2. The zero-order chi connectivity index (χ0) is 27.8. The Morgan fingerprint density at radius 3 is 2.80 bits per heavy atom. The molecule has 2 saturated heterocycles. The molecule has 6 rings (SSSR count). The lowest BCUT2D eigenvalue weighted by molar-refractivity contribution is -0.126. The summed E-state index contributed by atoms with van der Waals surface area (Å²) in [5.41, 5.74) is 1.31. The number of likely N-dealkylation sites (tertiary alicyclic amines) is 1. The van der Waals surface area contributed by atoms with Crippen LogP contribution in [0.2, 0.25) is 0 Å². The molecule has 4 aromatic rings. The van der Waals surface area contributed by atoms with Crippen LogP contribution in [0.3, 0.4) is 0 Å². The van der Waals surface area contributed by atoms with Crippen LogP contribution in [0, 0.1) is 12.7 Å². The maximum absolute atomic E-state index is 14.7. The van der Waals surface area contributed by atoms with Gasteiger partial charge in [-0.2, -0.15) is 15.1 Å². The van der Waals surface area contributed by atoms with Crippen molar-refractivity contribution >= 4 is 33.5 Å². The normalized spacial score (nSPS) is 18.0. The molecular weight excluding hydrogens is 515 g/mol. The largest absolute Gasteiger partial charge is 0.462 e. The molecule has 0 saturated carbocycles. The Morgan fingerprint density at radius 2 is 2.05 bits per heavy atom. The first-order valence-corrected chi connectivity index (χ1v) is 13.4. The highest BCUT2D eigenvalue weighted by Crippen LogP contribution is 2.38. The summed E-state index contributed by atoms with van der Waals surface area (Å²) in [4.78, 5) is 32.3. The lowest BCUT2D eigenvalue weighted by Gasteiger charge is -2.35. The van der Waals surface area contributed by atoms with Crippen molar-refractivity contribution < 1.29 is 18.7 Å². The summed E-state index contributed by atoms with van der Waals surface area (Å²) in [7, 11) is 2.09. The van der Waals surface area contributed by atoms with Crippen LogP contribution in [0.5, 0.6) is 17.6 Å². The van der Waals surface area contributed by atoms with Gasteiger partial charge in [-0.25, -0.2) is 9.37 Å². The molecule has 40 heavy (non-hydrogen) atoms. The minimum atomic E-state index is -0.418. The monoisotopic (exact) mass is 546 g/mol. The van der Waals surface area contributed by atoms with Crippen LogP contribution in [0.1, 0.15) is 18.4 Å². The fourth-order valence-electron chi connectivity index (χ4n) is 5.36. The number of aromatic nitrogens is 5. The number of benzene rings is 1. The van der Waals surface area contributed by atoms with Crippen molar-refractivity contribution in [3.63, 3.8) is 0 Å². The molecule has 5 heterocycles. The van der Waals surface area contributed by atoms with Gasteiger partial charge in [0.05, 0.1) is 22.5 Å². The van der Waals surface area contributed by atoms with E-state index in [2.05, 4.69) is 38.6 Å². The van der Waals surface area contributed by atoms with Gasteiger partial charge in [0.25, 0.3) is 0 Å². The predicted molar refractivity (Wildman–Crippen MR) is 148 cm³/mol. The molecule has 0 unspecified atom stereocenters. The van der Waals surface area contributed by atoms with E-state index in [1.54, 1.807) is 24.2 Å². The van der Waals surface area contributed by atoms with Crippen molar-refractivity contribution in [3.05, 3.63) is 48.6 Å². The number of nitrogens with one attached hydrogen (secondary N) is 1. The van der Waals surface area contributed by atoms with Crippen molar-refractivity contribution in [2.45, 2.75) is 25.8 Å². The highest BCUT2D eigenvalue weighted by molar-refractivity contribution is 5.94. The Balaban J connectivity index is 1.40. The van der Waals surface area contributed by atoms with E-state index in [9.17, 15) is 9.18 Å². The van der Waals surface area contributed by atoms with Gasteiger partial charge in [0.1, 0.15) is 29.5 Å². The second kappa shape index (κ2) is 10.7. The number of pyridine rings is 1. The zero-order valence-corrected chi connectivity index (χ0v) is 22.6. The summed E-state index contributed by atoms with van der Waals surface area (Å²) >= 11 is 0. The molecule has 11 nitrogen and oxygen atoms in total. The highest BCUT2D eigenvalue weighted by Gasteiger charge is 2.26. The number of anilines is 1. The number of fused-ring (bicyclic) bond motifs is 2. The number of carbonyl (C=O) groups is 1. The third-order valence-corrected chi connectivity index (χ3v) is 7.76. The Hall–Kier alpha value is -4.32. The molecule has 0 aliphatic carbocycles. The summed E-state index contributed by atoms with van der Waals surface area (Å²) in [5.74, 6) is 0.685. The topological polar surface area (TPSA) is 113 Å². The number of rotatable bonds is 7. The number of halogens is 1. The molecule has 0 radical (unpaired) electrons. The van der Waals surface area contributed by atoms with Gasteiger partial charge in [-0.3, -0.25) is 9.89 Å². The molecule has 2 fully saturated rings. The van der Waals surface area contributed by atoms with Crippen LogP contribution in [-0.2, 0) is 4.79 Å². The third-order valence-electron chi connectivity index (χ3n) is 7.76. The molecule has 0 spiro atoms. The molecule has 208 valence electrons. The first-order chi connectivity index (χ1) is 19.4. The average Bonchev–Trinajstić information content (AvgIpc) is 3.62. The number of likely N-dealkylation sites (N-methyl/N-ethyl adjacent to an activating group) is 1. The maximum Gasteiger partial charge on any atom is 0.319 e. The van der Waals surface area contributed by atoms with Crippen molar-refractivity contribution in [2.24, 2.45) is 0 Å². The van der Waals surface area contributed by atoms with Gasteiger partial charge in [0.2, 0.25) is 11.8 Å². The number of H-pyrrole nitrogens is 1. The molecule has 1 atom stereocenters. The Labute approximate surface area is 230 Å². The minimum Gasteiger partial charge on any atom is -0.462 e. The molecule has 1 amide bonds. The van der Waals surface area contributed by atoms with E-state index in [0.717, 1.165) is 24.8 Å². The van der Waals surface area contributed by atoms with Gasteiger partial charge in [-0.05, 0) is 45.5 Å². The standard InChI is InChI=1S/C28H31FN8O3/c1-4-23(38)36-10-12-37(13-11-36)26-19-7-8-30-27(40-25-17(2)21(29)14-22-20(25)15-31-34-22)24(19)32-28(33-26)39-16-18-6-5-9-35(18)3/h4,7-8,14-15,18H,1,5-6,9-13,16H2,2-3H3,(H,31,34)/t18-/m0/s1. The first-order valence-electron chi connectivity index (χ1n) is 13.4. The number of aromatic amines is 1. The molecule has 2 aliphatic rings. The fourth-order valence-corrected chi connectivity index (χ4v) is 5.36. The minimum absolute atomic E-state index is 0.0900. The van der Waals surface area contributed by atoms with Gasteiger partial charge >= 0.3 is 6.01 Å². The Morgan fingerprint density at radius 1 is 1.23 bits per heavy atom. The van der Waals surface area contributed by atoms with Gasteiger partial charge in [-0.15, -0.1) is 0 Å². The number of nitrogens with zero attached hydrogens (tertiary/aromatic N) is 7. The van der Waals surface area contributed by atoms with E-state index in [0.29, 0.717) is 66.3 Å².